The van der Waals surface area contributed by atoms with Crippen LogP contribution in [-0.4, -0.2) is 17.5 Å². The Morgan fingerprint density at radius 2 is 2.05 bits per heavy atom. The van der Waals surface area contributed by atoms with E-state index in [1.165, 1.54) is 18.2 Å². The van der Waals surface area contributed by atoms with E-state index < -0.39 is 16.3 Å². The summed E-state index contributed by atoms with van der Waals surface area (Å²) < 4.78 is 10.0. The Bertz CT molecular complexity index is 749. The standard InChI is InChI=1S/C14H11NO6/c1-2-20-14(17)13-8-9(16)7-12(21-13)10-5-3-4-6-11(10)15(18)19/h3-8H,2H2,1H3. The van der Waals surface area contributed by atoms with Gasteiger partial charge in [-0.05, 0) is 13.0 Å². The molecule has 0 aliphatic heterocycles. The minimum atomic E-state index is -0.796. The van der Waals surface area contributed by atoms with E-state index in [2.05, 4.69) is 0 Å². The molecule has 0 bridgehead atoms. The first-order valence-corrected chi connectivity index (χ1v) is 6.09. The molecule has 7 heteroatoms. The van der Waals surface area contributed by atoms with Crippen LogP contribution in [-0.2, 0) is 4.74 Å². The van der Waals surface area contributed by atoms with Gasteiger partial charge in [-0.15, -0.1) is 0 Å². The zero-order valence-electron chi connectivity index (χ0n) is 11.1. The highest BCUT2D eigenvalue weighted by Crippen LogP contribution is 2.29. The highest BCUT2D eigenvalue weighted by molar-refractivity contribution is 5.86. The van der Waals surface area contributed by atoms with Gasteiger partial charge in [-0.3, -0.25) is 14.9 Å². The highest BCUT2D eigenvalue weighted by atomic mass is 16.6. The molecule has 0 N–H and O–H groups in total. The third-order valence-corrected chi connectivity index (χ3v) is 2.61. The number of nitro benzene ring substituents is 1. The molecular weight excluding hydrogens is 278 g/mol. The molecule has 0 aliphatic rings. The van der Waals surface area contributed by atoms with Crippen molar-refractivity contribution >= 4 is 11.7 Å². The van der Waals surface area contributed by atoms with Crippen LogP contribution in [0, 0.1) is 10.1 Å². The lowest BCUT2D eigenvalue weighted by molar-refractivity contribution is -0.384. The van der Waals surface area contributed by atoms with E-state index in [0.29, 0.717) is 0 Å². The van der Waals surface area contributed by atoms with Crippen molar-refractivity contribution in [3.05, 3.63) is 62.5 Å². The van der Waals surface area contributed by atoms with Gasteiger partial charge in [0.05, 0.1) is 17.1 Å². The van der Waals surface area contributed by atoms with Crippen LogP contribution in [0.5, 0.6) is 0 Å². The van der Waals surface area contributed by atoms with Crippen LogP contribution in [0.3, 0.4) is 0 Å². The maximum atomic E-state index is 11.6. The quantitative estimate of drug-likeness (QED) is 0.486. The summed E-state index contributed by atoms with van der Waals surface area (Å²) in [6, 6.07) is 7.85. The summed E-state index contributed by atoms with van der Waals surface area (Å²) in [5, 5.41) is 11.0. The molecule has 0 amide bonds. The van der Waals surface area contributed by atoms with Crippen LogP contribution in [0.25, 0.3) is 11.3 Å². The summed E-state index contributed by atoms with van der Waals surface area (Å²) in [4.78, 5) is 33.7. The molecule has 21 heavy (non-hydrogen) atoms. The smallest absolute Gasteiger partial charge is 0.374 e. The van der Waals surface area contributed by atoms with Crippen molar-refractivity contribution in [3.63, 3.8) is 0 Å². The lowest BCUT2D eigenvalue weighted by Crippen LogP contribution is -2.09. The van der Waals surface area contributed by atoms with Crippen LogP contribution in [0.4, 0.5) is 5.69 Å². The Balaban J connectivity index is 2.58. The topological polar surface area (TPSA) is 99.7 Å². The maximum Gasteiger partial charge on any atom is 0.374 e. The fourth-order valence-electron chi connectivity index (χ4n) is 1.75. The van der Waals surface area contributed by atoms with E-state index >= 15 is 0 Å². The number of carbonyl (C=O) groups excluding carboxylic acids is 1. The van der Waals surface area contributed by atoms with Crippen LogP contribution < -0.4 is 5.43 Å². The third kappa shape index (κ3) is 3.14. The van der Waals surface area contributed by atoms with Crippen molar-refractivity contribution in [3.8, 4) is 11.3 Å². The van der Waals surface area contributed by atoms with Crippen LogP contribution in [0.1, 0.15) is 17.5 Å². The molecule has 0 unspecified atom stereocenters. The molecule has 0 saturated heterocycles. The first-order valence-electron chi connectivity index (χ1n) is 6.09. The molecule has 108 valence electrons. The van der Waals surface area contributed by atoms with Crippen molar-refractivity contribution in [2.75, 3.05) is 6.61 Å². The zero-order valence-corrected chi connectivity index (χ0v) is 11.1. The van der Waals surface area contributed by atoms with Gasteiger partial charge in [0.15, 0.2) is 5.43 Å². The molecule has 2 rings (SSSR count). The Hall–Kier alpha value is -2.96. The van der Waals surface area contributed by atoms with Gasteiger partial charge in [0.2, 0.25) is 5.76 Å². The van der Waals surface area contributed by atoms with Crippen LogP contribution >= 0.6 is 0 Å². The predicted octanol–water partition coefficient (Wildman–Crippen LogP) is 2.39. The molecular formula is C14H11NO6. The summed E-state index contributed by atoms with van der Waals surface area (Å²) in [6.45, 7) is 1.74. The third-order valence-electron chi connectivity index (χ3n) is 2.61. The fraction of sp³-hybridized carbons (Fsp3) is 0.143. The molecule has 0 spiro atoms. The van der Waals surface area contributed by atoms with Crippen molar-refractivity contribution < 1.29 is 18.9 Å². The average molecular weight is 289 g/mol. The minimum Gasteiger partial charge on any atom is -0.460 e. The zero-order chi connectivity index (χ0) is 15.4. The van der Waals surface area contributed by atoms with E-state index in [4.69, 9.17) is 9.15 Å². The largest absolute Gasteiger partial charge is 0.460 e. The van der Waals surface area contributed by atoms with E-state index in [1.807, 2.05) is 0 Å². The second-order valence-corrected chi connectivity index (χ2v) is 4.02. The summed E-state index contributed by atoms with van der Waals surface area (Å²) >= 11 is 0. The molecule has 7 nitrogen and oxygen atoms in total. The van der Waals surface area contributed by atoms with E-state index in [9.17, 15) is 19.7 Å². The van der Waals surface area contributed by atoms with E-state index in [-0.39, 0.29) is 29.4 Å². The Morgan fingerprint density at radius 1 is 1.33 bits per heavy atom. The van der Waals surface area contributed by atoms with E-state index in [1.54, 1.807) is 13.0 Å². The number of esters is 1. The van der Waals surface area contributed by atoms with Crippen LogP contribution in [0.2, 0.25) is 0 Å². The lowest BCUT2D eigenvalue weighted by atomic mass is 10.1. The summed E-state index contributed by atoms with van der Waals surface area (Å²) in [7, 11) is 0. The Labute approximate surface area is 118 Å². The van der Waals surface area contributed by atoms with Gasteiger partial charge in [-0.25, -0.2) is 4.79 Å². The molecule has 0 saturated carbocycles. The maximum absolute atomic E-state index is 11.6. The average Bonchev–Trinajstić information content (AvgIpc) is 2.46. The second kappa shape index (κ2) is 6.00. The van der Waals surface area contributed by atoms with Gasteiger partial charge in [0.25, 0.3) is 5.69 Å². The van der Waals surface area contributed by atoms with Crippen molar-refractivity contribution in [1.82, 2.24) is 0 Å². The van der Waals surface area contributed by atoms with Gasteiger partial charge >= 0.3 is 5.97 Å². The molecule has 1 heterocycles. The molecule has 1 aromatic carbocycles. The monoisotopic (exact) mass is 289 g/mol. The van der Waals surface area contributed by atoms with Crippen molar-refractivity contribution in [1.29, 1.82) is 0 Å². The number of para-hydroxylation sites is 1. The fourth-order valence-corrected chi connectivity index (χ4v) is 1.75. The minimum absolute atomic E-state index is 0.0575. The SMILES string of the molecule is CCOC(=O)c1cc(=O)cc(-c2ccccc2[N+](=O)[O-])o1. The predicted molar refractivity (Wildman–Crippen MR) is 73.0 cm³/mol. The van der Waals surface area contributed by atoms with Gasteiger partial charge < -0.3 is 9.15 Å². The van der Waals surface area contributed by atoms with Crippen molar-refractivity contribution in [2.45, 2.75) is 6.92 Å². The Morgan fingerprint density at radius 3 is 2.71 bits per heavy atom. The molecule has 0 fully saturated rings. The number of rotatable bonds is 4. The molecule has 1 aromatic heterocycles. The van der Waals surface area contributed by atoms with Gasteiger partial charge in [-0.2, -0.15) is 0 Å². The first kappa shape index (κ1) is 14.4. The number of benzene rings is 1. The summed E-state index contributed by atoms with van der Waals surface area (Å²) in [5.74, 6) is -1.15. The number of hydrogen-bond donors (Lipinski definition) is 0. The summed E-state index contributed by atoms with van der Waals surface area (Å²) in [5.41, 5.74) is -0.607. The van der Waals surface area contributed by atoms with Gasteiger partial charge in [0, 0.05) is 18.2 Å². The lowest BCUT2D eigenvalue weighted by Gasteiger charge is -2.05. The number of nitrogens with zero attached hydrogens (tertiary/aromatic N) is 1. The molecule has 0 atom stereocenters. The number of carbonyl (C=O) groups is 1. The van der Waals surface area contributed by atoms with E-state index in [0.717, 1.165) is 12.1 Å². The van der Waals surface area contributed by atoms with Crippen LogP contribution in [0.15, 0.2) is 45.6 Å². The highest BCUT2D eigenvalue weighted by Gasteiger charge is 2.19. The molecule has 0 aliphatic carbocycles. The first-order chi connectivity index (χ1) is 10.0. The number of hydrogen-bond acceptors (Lipinski definition) is 6. The Kier molecular flexibility index (Phi) is 4.13. The van der Waals surface area contributed by atoms with Gasteiger partial charge in [0.1, 0.15) is 5.76 Å². The number of ether oxygens (including phenoxy) is 1. The second-order valence-electron chi connectivity index (χ2n) is 4.02. The molecule has 2 aromatic rings. The normalized spacial score (nSPS) is 10.1. The molecule has 0 radical (unpaired) electrons. The number of nitro groups is 1. The van der Waals surface area contributed by atoms with Gasteiger partial charge in [-0.1, -0.05) is 12.1 Å². The van der Waals surface area contributed by atoms with Crippen molar-refractivity contribution in [2.24, 2.45) is 0 Å². The summed E-state index contributed by atoms with van der Waals surface area (Å²) in [6.07, 6.45) is 0.